The van der Waals surface area contributed by atoms with E-state index in [0.29, 0.717) is 6.54 Å². The molecule has 2 aromatic carbocycles. The smallest absolute Gasteiger partial charge is 0.0700 e. The van der Waals surface area contributed by atoms with E-state index in [-0.39, 0.29) is 0 Å². The van der Waals surface area contributed by atoms with Gasteiger partial charge in [-0.15, -0.1) is 0 Å². The molecule has 22 heavy (non-hydrogen) atoms. The predicted molar refractivity (Wildman–Crippen MR) is 87.4 cm³/mol. The predicted octanol–water partition coefficient (Wildman–Crippen LogP) is 3.57. The highest BCUT2D eigenvalue weighted by atomic mass is 15.1. The number of nitrogens with zero attached hydrogens (tertiary/aromatic N) is 2. The van der Waals surface area contributed by atoms with Gasteiger partial charge in [0.1, 0.15) is 0 Å². The molecule has 0 saturated heterocycles. The van der Waals surface area contributed by atoms with Gasteiger partial charge in [-0.3, -0.25) is 10.2 Å². The quantitative estimate of drug-likeness (QED) is 0.538. The van der Waals surface area contributed by atoms with Crippen molar-refractivity contribution in [1.82, 2.24) is 20.4 Å². The van der Waals surface area contributed by atoms with E-state index >= 15 is 0 Å². The molecule has 2 aromatic heterocycles. The fraction of sp³-hybridized carbons (Fsp3) is 0.0588. The summed E-state index contributed by atoms with van der Waals surface area (Å²) in [6.45, 7) is 0.712. The maximum atomic E-state index is 4.17. The Labute approximate surface area is 127 Å². The zero-order chi connectivity index (χ0) is 14.8. The maximum absolute atomic E-state index is 4.17. The Morgan fingerprint density at radius 2 is 1.77 bits per heavy atom. The van der Waals surface area contributed by atoms with Crippen LogP contribution in [0.1, 0.15) is 5.56 Å². The van der Waals surface area contributed by atoms with Gasteiger partial charge in [-0.25, -0.2) is 0 Å². The Morgan fingerprint density at radius 3 is 2.68 bits per heavy atom. The molecule has 0 radical (unpaired) electrons. The number of aromatic amines is 2. The molecule has 3 N–H and O–H groups in total. The number of aromatic nitrogens is 4. The van der Waals surface area contributed by atoms with Crippen molar-refractivity contribution in [3.8, 4) is 11.3 Å². The Kier molecular flexibility index (Phi) is 3.08. The molecule has 0 spiro atoms. The van der Waals surface area contributed by atoms with E-state index in [2.05, 4.69) is 43.9 Å². The average Bonchev–Trinajstić information content (AvgIpc) is 3.22. The number of benzene rings is 2. The lowest BCUT2D eigenvalue weighted by atomic mass is 10.1. The third kappa shape index (κ3) is 2.33. The molecule has 0 amide bonds. The number of rotatable bonds is 4. The summed E-state index contributed by atoms with van der Waals surface area (Å²) >= 11 is 0. The Morgan fingerprint density at radius 1 is 0.909 bits per heavy atom. The largest absolute Gasteiger partial charge is 0.381 e. The highest BCUT2D eigenvalue weighted by molar-refractivity contribution is 5.81. The second-order valence-electron chi connectivity index (χ2n) is 5.16. The monoisotopic (exact) mass is 289 g/mol. The minimum atomic E-state index is 0.712. The van der Waals surface area contributed by atoms with Crippen molar-refractivity contribution in [2.45, 2.75) is 6.54 Å². The standard InChI is InChI=1S/C17H15N5/c1-2-4-12(5-3-1)17-14(11-20-22-17)9-18-15-6-7-16-13(8-15)10-19-21-16/h1-8,10-11,18H,9H2,(H,19,21)(H,20,22). The minimum Gasteiger partial charge on any atom is -0.381 e. The van der Waals surface area contributed by atoms with Gasteiger partial charge in [0.2, 0.25) is 0 Å². The van der Waals surface area contributed by atoms with Crippen molar-refractivity contribution in [3.63, 3.8) is 0 Å². The number of hydrogen-bond acceptors (Lipinski definition) is 3. The first-order valence-corrected chi connectivity index (χ1v) is 7.15. The summed E-state index contributed by atoms with van der Waals surface area (Å²) in [6, 6.07) is 16.4. The summed E-state index contributed by atoms with van der Waals surface area (Å²) < 4.78 is 0. The lowest BCUT2D eigenvalue weighted by Crippen LogP contribution is -1.99. The van der Waals surface area contributed by atoms with Gasteiger partial charge >= 0.3 is 0 Å². The van der Waals surface area contributed by atoms with Crippen molar-refractivity contribution in [2.75, 3.05) is 5.32 Å². The molecule has 5 heteroatoms. The first kappa shape index (κ1) is 12.6. The molecule has 5 nitrogen and oxygen atoms in total. The number of anilines is 1. The molecule has 2 heterocycles. The third-order valence-corrected chi connectivity index (χ3v) is 3.70. The van der Waals surface area contributed by atoms with Gasteiger partial charge in [-0.2, -0.15) is 10.2 Å². The third-order valence-electron chi connectivity index (χ3n) is 3.70. The summed E-state index contributed by atoms with van der Waals surface area (Å²) in [5.41, 5.74) is 5.44. The summed E-state index contributed by atoms with van der Waals surface area (Å²) in [5.74, 6) is 0. The molecule has 0 unspecified atom stereocenters. The SMILES string of the molecule is c1ccc(-c2[nH]ncc2CNc2ccc3[nH]ncc3c2)cc1. The molecule has 0 bridgehead atoms. The fourth-order valence-corrected chi connectivity index (χ4v) is 2.55. The van der Waals surface area contributed by atoms with E-state index in [1.807, 2.05) is 42.7 Å². The second kappa shape index (κ2) is 5.37. The first-order chi connectivity index (χ1) is 10.9. The molecule has 0 aliphatic heterocycles. The fourth-order valence-electron chi connectivity index (χ4n) is 2.55. The van der Waals surface area contributed by atoms with Gasteiger partial charge in [0.05, 0.1) is 23.6 Å². The molecule has 108 valence electrons. The van der Waals surface area contributed by atoms with Crippen LogP contribution in [0.25, 0.3) is 22.2 Å². The van der Waals surface area contributed by atoms with E-state index < -0.39 is 0 Å². The molecule has 4 aromatic rings. The number of H-pyrrole nitrogens is 2. The zero-order valence-corrected chi connectivity index (χ0v) is 11.9. The number of fused-ring (bicyclic) bond motifs is 1. The lowest BCUT2D eigenvalue weighted by molar-refractivity contribution is 1.10. The van der Waals surface area contributed by atoms with Gasteiger partial charge < -0.3 is 5.32 Å². The van der Waals surface area contributed by atoms with Crippen LogP contribution in [0.2, 0.25) is 0 Å². The van der Waals surface area contributed by atoms with Crippen LogP contribution >= 0.6 is 0 Å². The van der Waals surface area contributed by atoms with Gasteiger partial charge in [-0.05, 0) is 23.8 Å². The molecule has 0 fully saturated rings. The van der Waals surface area contributed by atoms with Gasteiger partial charge in [-0.1, -0.05) is 30.3 Å². The van der Waals surface area contributed by atoms with Crippen LogP contribution < -0.4 is 5.32 Å². The normalized spacial score (nSPS) is 10.9. The summed E-state index contributed by atoms with van der Waals surface area (Å²) in [5, 5.41) is 18.8. The highest BCUT2D eigenvalue weighted by Crippen LogP contribution is 2.22. The summed E-state index contributed by atoms with van der Waals surface area (Å²) in [6.07, 6.45) is 3.69. The maximum Gasteiger partial charge on any atom is 0.0700 e. The van der Waals surface area contributed by atoms with Crippen LogP contribution in [-0.4, -0.2) is 20.4 Å². The summed E-state index contributed by atoms with van der Waals surface area (Å²) in [7, 11) is 0. The van der Waals surface area contributed by atoms with Gasteiger partial charge in [0.15, 0.2) is 0 Å². The minimum absolute atomic E-state index is 0.712. The van der Waals surface area contributed by atoms with E-state index in [4.69, 9.17) is 0 Å². The average molecular weight is 289 g/mol. The van der Waals surface area contributed by atoms with Crippen molar-refractivity contribution in [1.29, 1.82) is 0 Å². The number of nitrogens with one attached hydrogen (secondary N) is 3. The van der Waals surface area contributed by atoms with Crippen molar-refractivity contribution >= 4 is 16.6 Å². The second-order valence-corrected chi connectivity index (χ2v) is 5.16. The zero-order valence-electron chi connectivity index (χ0n) is 11.9. The van der Waals surface area contributed by atoms with E-state index in [1.54, 1.807) is 0 Å². The molecular weight excluding hydrogens is 274 g/mol. The van der Waals surface area contributed by atoms with Crippen LogP contribution in [0, 0.1) is 0 Å². The molecule has 0 aliphatic carbocycles. The molecule has 0 aliphatic rings. The van der Waals surface area contributed by atoms with E-state index in [9.17, 15) is 0 Å². The van der Waals surface area contributed by atoms with Crippen LogP contribution in [0.5, 0.6) is 0 Å². The van der Waals surface area contributed by atoms with Crippen molar-refractivity contribution < 1.29 is 0 Å². The Balaban J connectivity index is 1.56. The number of hydrogen-bond donors (Lipinski definition) is 3. The first-order valence-electron chi connectivity index (χ1n) is 7.15. The molecule has 4 rings (SSSR count). The van der Waals surface area contributed by atoms with Crippen LogP contribution in [0.3, 0.4) is 0 Å². The van der Waals surface area contributed by atoms with Crippen LogP contribution in [0.4, 0.5) is 5.69 Å². The van der Waals surface area contributed by atoms with Gasteiger partial charge in [0.25, 0.3) is 0 Å². The van der Waals surface area contributed by atoms with Crippen molar-refractivity contribution in [3.05, 3.63) is 66.5 Å². The lowest BCUT2D eigenvalue weighted by Gasteiger charge is -2.07. The van der Waals surface area contributed by atoms with Crippen LogP contribution in [0.15, 0.2) is 60.9 Å². The molecule has 0 atom stereocenters. The molecular formula is C17H15N5. The molecule has 0 saturated carbocycles. The Hall–Kier alpha value is -3.08. The van der Waals surface area contributed by atoms with E-state index in [0.717, 1.165) is 33.4 Å². The summed E-state index contributed by atoms with van der Waals surface area (Å²) in [4.78, 5) is 0. The van der Waals surface area contributed by atoms with E-state index in [1.165, 1.54) is 0 Å². The van der Waals surface area contributed by atoms with Crippen molar-refractivity contribution in [2.24, 2.45) is 0 Å². The topological polar surface area (TPSA) is 69.4 Å². The van der Waals surface area contributed by atoms with Crippen LogP contribution in [-0.2, 0) is 6.54 Å². The Bertz CT molecular complexity index is 891. The highest BCUT2D eigenvalue weighted by Gasteiger charge is 2.07. The van der Waals surface area contributed by atoms with Gasteiger partial charge in [0, 0.05) is 23.2 Å².